The number of aliphatic imine (C=N–C) groups is 1. The fraction of sp³-hybridized carbons (Fsp3) is 0.917. The van der Waals surface area contributed by atoms with Gasteiger partial charge in [0, 0.05) is 31.1 Å². The number of ether oxygens (including phenoxy) is 1. The summed E-state index contributed by atoms with van der Waals surface area (Å²) in [4.78, 5) is 4.12. The number of sulfone groups is 1. The number of guanidine groups is 1. The fourth-order valence-electron chi connectivity index (χ4n) is 1.14. The van der Waals surface area contributed by atoms with Gasteiger partial charge in [-0.25, -0.2) is 8.42 Å². The van der Waals surface area contributed by atoms with Crippen LogP contribution in [0.4, 0.5) is 0 Å². The van der Waals surface area contributed by atoms with Gasteiger partial charge in [-0.1, -0.05) is 0 Å². The molecule has 0 saturated heterocycles. The molecular weight excluding hydrogens is 298 g/mol. The van der Waals surface area contributed by atoms with E-state index < -0.39 is 9.84 Å². The zero-order chi connectivity index (χ0) is 15.6. The third-order valence-electron chi connectivity index (χ3n) is 2.60. The van der Waals surface area contributed by atoms with Crippen molar-refractivity contribution in [3.05, 3.63) is 0 Å². The average molecular weight is 326 g/mol. The molecule has 0 spiro atoms. The second-order valence-corrected chi connectivity index (χ2v) is 8.83. The lowest BCUT2D eigenvalue weighted by atomic mass is 10.2. The third kappa shape index (κ3) is 11.4. The molecule has 0 unspecified atom stereocenters. The Labute approximate surface area is 127 Å². The molecule has 20 heavy (non-hydrogen) atoms. The smallest absolute Gasteiger partial charge is 0.191 e. The van der Waals surface area contributed by atoms with Crippen LogP contribution in [0.1, 0.15) is 13.8 Å². The van der Waals surface area contributed by atoms with Crippen LogP contribution in [0.5, 0.6) is 0 Å². The van der Waals surface area contributed by atoms with Crippen LogP contribution in [0, 0.1) is 0 Å². The number of thioether (sulfide) groups is 1. The summed E-state index contributed by atoms with van der Waals surface area (Å²) in [6, 6.07) is 0. The van der Waals surface area contributed by atoms with E-state index in [1.54, 1.807) is 18.8 Å². The molecule has 0 aliphatic rings. The highest BCUT2D eigenvalue weighted by molar-refractivity contribution is 7.99. The lowest BCUT2D eigenvalue weighted by molar-refractivity contribution is 0.154. The molecule has 8 heteroatoms. The standard InChI is InChI=1S/C12H27N3O3S2/c1-12(2,19-4)10-15-11(13-3)14-6-7-18-8-9-20(5,16)17/h6-10H2,1-5H3,(H2,13,14,15). The summed E-state index contributed by atoms with van der Waals surface area (Å²) < 4.78 is 27.2. The van der Waals surface area contributed by atoms with Crippen LogP contribution in [-0.2, 0) is 14.6 Å². The van der Waals surface area contributed by atoms with Gasteiger partial charge < -0.3 is 15.4 Å². The van der Waals surface area contributed by atoms with Crippen molar-refractivity contribution in [1.82, 2.24) is 10.6 Å². The zero-order valence-corrected chi connectivity index (χ0v) is 14.7. The van der Waals surface area contributed by atoms with Gasteiger partial charge in [0.05, 0.1) is 19.0 Å². The molecule has 0 aromatic heterocycles. The Morgan fingerprint density at radius 2 is 1.95 bits per heavy atom. The third-order valence-corrected chi connectivity index (χ3v) is 4.75. The fourth-order valence-corrected chi connectivity index (χ4v) is 1.78. The van der Waals surface area contributed by atoms with Crippen molar-refractivity contribution >= 4 is 27.6 Å². The van der Waals surface area contributed by atoms with E-state index in [1.165, 1.54) is 6.26 Å². The molecule has 0 atom stereocenters. The molecule has 0 heterocycles. The summed E-state index contributed by atoms with van der Waals surface area (Å²) in [6.07, 6.45) is 3.28. The predicted octanol–water partition coefficient (Wildman–Crippen LogP) is 0.354. The number of nitrogens with zero attached hydrogens (tertiary/aromatic N) is 1. The Balaban J connectivity index is 3.77. The minimum Gasteiger partial charge on any atom is -0.379 e. The van der Waals surface area contributed by atoms with Gasteiger partial charge >= 0.3 is 0 Å². The SMILES string of the molecule is CN=C(NCCOCCS(C)(=O)=O)NCC(C)(C)SC. The maximum atomic E-state index is 10.9. The molecule has 0 amide bonds. The Morgan fingerprint density at radius 3 is 2.45 bits per heavy atom. The quantitative estimate of drug-likeness (QED) is 0.362. The van der Waals surface area contributed by atoms with Crippen LogP contribution < -0.4 is 10.6 Å². The van der Waals surface area contributed by atoms with Gasteiger partial charge in [0.2, 0.25) is 0 Å². The highest BCUT2D eigenvalue weighted by atomic mass is 32.2. The van der Waals surface area contributed by atoms with E-state index in [-0.39, 0.29) is 17.1 Å². The predicted molar refractivity (Wildman–Crippen MR) is 87.5 cm³/mol. The maximum Gasteiger partial charge on any atom is 0.191 e. The van der Waals surface area contributed by atoms with Gasteiger partial charge in [0.1, 0.15) is 9.84 Å². The Kier molecular flexibility index (Phi) is 9.24. The maximum absolute atomic E-state index is 10.9. The molecule has 120 valence electrons. The van der Waals surface area contributed by atoms with Crippen molar-refractivity contribution in [1.29, 1.82) is 0 Å². The van der Waals surface area contributed by atoms with E-state index in [2.05, 4.69) is 35.7 Å². The first-order valence-corrected chi connectivity index (χ1v) is 9.74. The summed E-state index contributed by atoms with van der Waals surface area (Å²) in [7, 11) is -1.23. The van der Waals surface area contributed by atoms with Crippen molar-refractivity contribution < 1.29 is 13.2 Å². The van der Waals surface area contributed by atoms with Crippen LogP contribution in [0.2, 0.25) is 0 Å². The van der Waals surface area contributed by atoms with Gasteiger partial charge in [-0.15, -0.1) is 0 Å². The second-order valence-electron chi connectivity index (χ2n) is 5.06. The Morgan fingerprint density at radius 1 is 1.30 bits per heavy atom. The summed E-state index contributed by atoms with van der Waals surface area (Å²) in [5.74, 6) is 0.779. The molecular formula is C12H27N3O3S2. The summed E-state index contributed by atoms with van der Waals surface area (Å²) in [5, 5.41) is 6.36. The molecule has 2 N–H and O–H groups in total. The van der Waals surface area contributed by atoms with E-state index >= 15 is 0 Å². The summed E-state index contributed by atoms with van der Waals surface area (Å²) >= 11 is 1.79. The van der Waals surface area contributed by atoms with Gasteiger partial charge in [0.25, 0.3) is 0 Å². The first-order chi connectivity index (χ1) is 9.20. The van der Waals surface area contributed by atoms with Crippen LogP contribution in [0.15, 0.2) is 4.99 Å². The van der Waals surface area contributed by atoms with E-state index in [0.29, 0.717) is 13.2 Å². The first kappa shape index (κ1) is 19.5. The van der Waals surface area contributed by atoms with Crippen molar-refractivity contribution in [2.75, 3.05) is 51.6 Å². The zero-order valence-electron chi connectivity index (χ0n) is 13.0. The number of nitrogens with one attached hydrogen (secondary N) is 2. The monoisotopic (exact) mass is 325 g/mol. The summed E-state index contributed by atoms with van der Waals surface area (Å²) in [6.45, 7) is 6.39. The van der Waals surface area contributed by atoms with Crippen molar-refractivity contribution in [2.24, 2.45) is 4.99 Å². The van der Waals surface area contributed by atoms with E-state index in [4.69, 9.17) is 4.74 Å². The second kappa shape index (κ2) is 9.46. The Bertz CT molecular complexity index is 395. The number of rotatable bonds is 9. The van der Waals surface area contributed by atoms with E-state index in [9.17, 15) is 8.42 Å². The van der Waals surface area contributed by atoms with Crippen LogP contribution in [0.25, 0.3) is 0 Å². The van der Waals surface area contributed by atoms with Crippen molar-refractivity contribution in [2.45, 2.75) is 18.6 Å². The normalized spacial score (nSPS) is 13.3. The minimum atomic E-state index is -2.94. The molecule has 0 rings (SSSR count). The summed E-state index contributed by atoms with van der Waals surface area (Å²) in [5.41, 5.74) is 0. The van der Waals surface area contributed by atoms with Gasteiger partial charge in [-0.2, -0.15) is 11.8 Å². The molecule has 0 aromatic carbocycles. The molecule has 0 saturated carbocycles. The molecule has 0 bridgehead atoms. The van der Waals surface area contributed by atoms with Crippen molar-refractivity contribution in [3.63, 3.8) is 0 Å². The lowest BCUT2D eigenvalue weighted by Gasteiger charge is -2.23. The van der Waals surface area contributed by atoms with Crippen LogP contribution in [0.3, 0.4) is 0 Å². The Hall–Kier alpha value is -0.470. The number of hydrogen-bond acceptors (Lipinski definition) is 5. The highest BCUT2D eigenvalue weighted by Gasteiger charge is 2.15. The van der Waals surface area contributed by atoms with E-state index in [1.807, 2.05) is 0 Å². The topological polar surface area (TPSA) is 79.8 Å². The largest absolute Gasteiger partial charge is 0.379 e. The molecule has 6 nitrogen and oxygen atoms in total. The van der Waals surface area contributed by atoms with Gasteiger partial charge in [0.15, 0.2) is 5.96 Å². The van der Waals surface area contributed by atoms with Crippen LogP contribution >= 0.6 is 11.8 Å². The van der Waals surface area contributed by atoms with E-state index in [0.717, 1.165) is 12.5 Å². The number of hydrogen-bond donors (Lipinski definition) is 2. The molecule has 0 aliphatic heterocycles. The minimum absolute atomic E-state index is 0.0574. The first-order valence-electron chi connectivity index (χ1n) is 6.45. The average Bonchev–Trinajstić information content (AvgIpc) is 2.35. The van der Waals surface area contributed by atoms with Gasteiger partial charge in [-0.3, -0.25) is 4.99 Å². The van der Waals surface area contributed by atoms with Gasteiger partial charge in [-0.05, 0) is 20.1 Å². The van der Waals surface area contributed by atoms with Crippen LogP contribution in [-0.4, -0.2) is 70.7 Å². The molecule has 0 fully saturated rings. The lowest BCUT2D eigenvalue weighted by Crippen LogP contribution is -2.44. The van der Waals surface area contributed by atoms with Crippen molar-refractivity contribution in [3.8, 4) is 0 Å². The molecule has 0 aliphatic carbocycles. The molecule has 0 aromatic rings. The highest BCUT2D eigenvalue weighted by Crippen LogP contribution is 2.19. The molecule has 0 radical (unpaired) electrons.